The van der Waals surface area contributed by atoms with Gasteiger partial charge in [0.25, 0.3) is 0 Å². The first kappa shape index (κ1) is 19.7. The van der Waals surface area contributed by atoms with E-state index in [-0.39, 0.29) is 17.4 Å². The number of pyridine rings is 1. The third kappa shape index (κ3) is 3.70. The van der Waals surface area contributed by atoms with Crippen molar-refractivity contribution in [2.24, 2.45) is 0 Å². The summed E-state index contributed by atoms with van der Waals surface area (Å²) in [4.78, 5) is 13.1. The molecule has 2 aliphatic rings. The molecule has 1 aromatic carbocycles. The van der Waals surface area contributed by atoms with Crippen molar-refractivity contribution in [2.75, 3.05) is 26.7 Å². The molecule has 154 valence electrons. The summed E-state index contributed by atoms with van der Waals surface area (Å²) in [6.07, 6.45) is 2.88. The van der Waals surface area contributed by atoms with Gasteiger partial charge in [-0.3, -0.25) is 4.98 Å². The lowest BCUT2D eigenvalue weighted by Gasteiger charge is -2.24. The molecule has 6 heteroatoms. The van der Waals surface area contributed by atoms with Crippen molar-refractivity contribution in [1.29, 1.82) is 0 Å². The summed E-state index contributed by atoms with van der Waals surface area (Å²) in [5, 5.41) is 22.7. The monoisotopic (exact) mass is 395 g/mol. The standard InChI is InChI=1S/C23H29N3O3/c1-5-26-13-19(15-8-16-12-25(4)7-6-20(16)24-11-15)23(29-26)18-9-17(14(2)3)21(27)10-22(18)28/h8-11,14,27-28H,5-7,12-13H2,1-4H3. The molecule has 0 amide bonds. The Hall–Kier alpha value is -2.57. The molecule has 1 aromatic heterocycles. The maximum Gasteiger partial charge on any atom is 0.163 e. The quantitative estimate of drug-likeness (QED) is 0.822. The zero-order valence-electron chi connectivity index (χ0n) is 17.6. The van der Waals surface area contributed by atoms with Crippen LogP contribution < -0.4 is 0 Å². The smallest absolute Gasteiger partial charge is 0.163 e. The average molecular weight is 396 g/mol. The number of likely N-dealkylation sites (N-methyl/N-ethyl adjacent to an activating group) is 2. The normalized spacial score (nSPS) is 17.7. The summed E-state index contributed by atoms with van der Waals surface area (Å²) in [5.41, 5.74) is 5.82. The number of benzene rings is 1. The van der Waals surface area contributed by atoms with Crippen molar-refractivity contribution in [1.82, 2.24) is 14.9 Å². The van der Waals surface area contributed by atoms with E-state index in [2.05, 4.69) is 18.0 Å². The van der Waals surface area contributed by atoms with Gasteiger partial charge in [0.2, 0.25) is 0 Å². The molecule has 0 radical (unpaired) electrons. The fraction of sp³-hybridized carbons (Fsp3) is 0.435. The maximum absolute atomic E-state index is 10.6. The van der Waals surface area contributed by atoms with Crippen LogP contribution in [0.2, 0.25) is 0 Å². The van der Waals surface area contributed by atoms with Crippen molar-refractivity contribution >= 4 is 11.3 Å². The number of fused-ring (bicyclic) bond motifs is 1. The Balaban J connectivity index is 1.83. The van der Waals surface area contributed by atoms with Gasteiger partial charge in [-0.25, -0.2) is 0 Å². The van der Waals surface area contributed by atoms with Crippen molar-refractivity contribution in [3.63, 3.8) is 0 Å². The molecular formula is C23H29N3O3. The minimum atomic E-state index is 0.0167. The van der Waals surface area contributed by atoms with Crippen LogP contribution in [0.3, 0.4) is 0 Å². The molecule has 0 fully saturated rings. The number of hydrogen-bond acceptors (Lipinski definition) is 6. The summed E-state index contributed by atoms with van der Waals surface area (Å²) in [6, 6.07) is 5.45. The van der Waals surface area contributed by atoms with E-state index in [1.165, 1.54) is 11.6 Å². The van der Waals surface area contributed by atoms with Gasteiger partial charge in [0.15, 0.2) is 5.76 Å². The molecule has 4 rings (SSSR count). The minimum Gasteiger partial charge on any atom is -0.508 e. The van der Waals surface area contributed by atoms with Crippen molar-refractivity contribution in [3.8, 4) is 11.5 Å². The zero-order valence-corrected chi connectivity index (χ0v) is 17.6. The minimum absolute atomic E-state index is 0.0167. The van der Waals surface area contributed by atoms with E-state index in [1.54, 1.807) is 0 Å². The van der Waals surface area contributed by atoms with Gasteiger partial charge < -0.3 is 20.0 Å². The van der Waals surface area contributed by atoms with E-state index in [1.807, 2.05) is 38.1 Å². The molecule has 0 aliphatic carbocycles. The van der Waals surface area contributed by atoms with Crippen molar-refractivity contribution in [2.45, 2.75) is 39.7 Å². The third-order valence-electron chi connectivity index (χ3n) is 5.77. The Labute approximate surface area is 172 Å². The SMILES string of the molecule is CCN1CC(c2cnc3c(c2)CN(C)CC3)=C(c2cc(C(C)C)c(O)cc2O)O1. The molecule has 0 spiro atoms. The summed E-state index contributed by atoms with van der Waals surface area (Å²) < 4.78 is 0. The first-order chi connectivity index (χ1) is 13.9. The highest BCUT2D eigenvalue weighted by molar-refractivity contribution is 5.91. The van der Waals surface area contributed by atoms with E-state index >= 15 is 0 Å². The van der Waals surface area contributed by atoms with Gasteiger partial charge >= 0.3 is 0 Å². The number of aromatic nitrogens is 1. The number of phenolic OH excluding ortho intramolecular Hbond substituents is 2. The molecule has 6 nitrogen and oxygen atoms in total. The second kappa shape index (κ2) is 7.69. The lowest BCUT2D eigenvalue weighted by atomic mass is 9.95. The van der Waals surface area contributed by atoms with Crippen molar-refractivity contribution < 1.29 is 15.1 Å². The van der Waals surface area contributed by atoms with Crippen LogP contribution in [-0.2, 0) is 17.8 Å². The van der Waals surface area contributed by atoms with E-state index in [0.717, 1.165) is 48.4 Å². The Morgan fingerprint density at radius 1 is 1.14 bits per heavy atom. The van der Waals surface area contributed by atoms with Crippen LogP contribution in [0.25, 0.3) is 11.3 Å². The summed E-state index contributed by atoms with van der Waals surface area (Å²) in [7, 11) is 2.12. The molecule has 0 saturated carbocycles. The molecule has 2 aromatic rings. The number of hydrogen-bond donors (Lipinski definition) is 2. The highest BCUT2D eigenvalue weighted by Crippen LogP contribution is 2.42. The maximum atomic E-state index is 10.6. The van der Waals surface area contributed by atoms with E-state index < -0.39 is 0 Å². The van der Waals surface area contributed by atoms with Crippen LogP contribution in [-0.4, -0.2) is 51.8 Å². The number of aromatic hydroxyl groups is 2. The molecule has 0 saturated heterocycles. The van der Waals surface area contributed by atoms with Crippen LogP contribution in [0.15, 0.2) is 24.4 Å². The fourth-order valence-electron chi connectivity index (χ4n) is 4.05. The second-order valence-corrected chi connectivity index (χ2v) is 8.26. The summed E-state index contributed by atoms with van der Waals surface area (Å²) in [6.45, 7) is 9.34. The Bertz CT molecular complexity index is 968. The predicted molar refractivity (Wildman–Crippen MR) is 113 cm³/mol. The number of rotatable bonds is 4. The predicted octanol–water partition coefficient (Wildman–Crippen LogP) is 3.74. The van der Waals surface area contributed by atoms with Crippen LogP contribution in [0.4, 0.5) is 0 Å². The van der Waals surface area contributed by atoms with Gasteiger partial charge in [-0.1, -0.05) is 13.8 Å². The molecule has 29 heavy (non-hydrogen) atoms. The van der Waals surface area contributed by atoms with Crippen LogP contribution in [0.5, 0.6) is 11.5 Å². The first-order valence-corrected chi connectivity index (χ1v) is 10.3. The average Bonchev–Trinajstić information content (AvgIpc) is 3.11. The Kier molecular flexibility index (Phi) is 5.23. The number of phenols is 2. The second-order valence-electron chi connectivity index (χ2n) is 8.26. The lowest BCUT2D eigenvalue weighted by Crippen LogP contribution is -2.27. The summed E-state index contributed by atoms with van der Waals surface area (Å²) >= 11 is 0. The number of nitrogens with zero attached hydrogens (tertiary/aromatic N) is 3. The van der Waals surface area contributed by atoms with Gasteiger partial charge in [-0.05, 0) is 43.1 Å². The van der Waals surface area contributed by atoms with Crippen molar-refractivity contribution in [3.05, 3.63) is 52.3 Å². The lowest BCUT2D eigenvalue weighted by molar-refractivity contribution is -0.0556. The Morgan fingerprint density at radius 3 is 2.66 bits per heavy atom. The molecule has 0 unspecified atom stereocenters. The summed E-state index contributed by atoms with van der Waals surface area (Å²) in [5.74, 6) is 0.885. The van der Waals surface area contributed by atoms with E-state index in [4.69, 9.17) is 9.82 Å². The third-order valence-corrected chi connectivity index (χ3v) is 5.77. The largest absolute Gasteiger partial charge is 0.508 e. The molecule has 3 heterocycles. The molecule has 2 aliphatic heterocycles. The van der Waals surface area contributed by atoms with Gasteiger partial charge in [-0.2, -0.15) is 0 Å². The topological polar surface area (TPSA) is 69.1 Å². The van der Waals surface area contributed by atoms with Crippen LogP contribution >= 0.6 is 0 Å². The highest BCUT2D eigenvalue weighted by atomic mass is 16.7. The van der Waals surface area contributed by atoms with Gasteiger partial charge in [0, 0.05) is 55.1 Å². The molecule has 2 N–H and O–H groups in total. The van der Waals surface area contributed by atoms with Gasteiger partial charge in [0.05, 0.1) is 12.1 Å². The first-order valence-electron chi connectivity index (χ1n) is 10.3. The molecular weight excluding hydrogens is 366 g/mol. The molecule has 0 bridgehead atoms. The van der Waals surface area contributed by atoms with Crippen LogP contribution in [0.1, 0.15) is 54.6 Å². The van der Waals surface area contributed by atoms with E-state index in [0.29, 0.717) is 17.9 Å². The van der Waals surface area contributed by atoms with Gasteiger partial charge in [0.1, 0.15) is 11.5 Å². The Morgan fingerprint density at radius 2 is 1.93 bits per heavy atom. The number of hydroxylamine groups is 2. The highest BCUT2D eigenvalue weighted by Gasteiger charge is 2.29. The molecule has 0 atom stereocenters. The van der Waals surface area contributed by atoms with Gasteiger partial charge in [-0.15, -0.1) is 5.06 Å². The fourth-order valence-corrected chi connectivity index (χ4v) is 4.05. The van der Waals surface area contributed by atoms with E-state index in [9.17, 15) is 10.2 Å². The van der Waals surface area contributed by atoms with Crippen LogP contribution in [0, 0.1) is 0 Å². The zero-order chi connectivity index (χ0) is 20.7.